The Morgan fingerprint density at radius 1 is 1.17 bits per heavy atom. The molecule has 0 aliphatic carbocycles. The first-order valence-electron chi connectivity index (χ1n) is 10.6. The monoisotopic (exact) mass is 408 g/mol. The summed E-state index contributed by atoms with van der Waals surface area (Å²) in [6.45, 7) is 6.33. The Balaban J connectivity index is 1.32. The summed E-state index contributed by atoms with van der Waals surface area (Å²) >= 11 is 0. The molecule has 0 bridgehead atoms. The first kappa shape index (κ1) is 20.3. The zero-order valence-electron chi connectivity index (χ0n) is 17.5. The number of nitrogens with zero attached hydrogens (tertiary/aromatic N) is 2. The number of ether oxygens (including phenoxy) is 1. The van der Waals surface area contributed by atoms with Gasteiger partial charge in [0.2, 0.25) is 17.1 Å². The fraction of sp³-hybridized carbons (Fsp3) is 0.417. The number of likely N-dealkylation sites (tertiary alicyclic amines) is 1. The highest BCUT2D eigenvalue weighted by atomic mass is 16.5. The molecule has 1 aromatic carbocycles. The number of piperidine rings is 1. The summed E-state index contributed by atoms with van der Waals surface area (Å²) in [4.78, 5) is 26.5. The Hall–Kier alpha value is -3.02. The van der Waals surface area contributed by atoms with Crippen LogP contribution in [0.3, 0.4) is 0 Å². The molecule has 0 atom stereocenters. The molecule has 1 aliphatic rings. The lowest BCUT2D eigenvalue weighted by Gasteiger charge is -2.32. The molecule has 6 heteroatoms. The van der Waals surface area contributed by atoms with Gasteiger partial charge in [-0.2, -0.15) is 0 Å². The van der Waals surface area contributed by atoms with E-state index in [0.29, 0.717) is 24.8 Å². The number of amides is 1. The van der Waals surface area contributed by atoms with E-state index in [1.54, 1.807) is 0 Å². The van der Waals surface area contributed by atoms with Crippen molar-refractivity contribution in [2.45, 2.75) is 33.2 Å². The van der Waals surface area contributed by atoms with Crippen LogP contribution in [0, 0.1) is 11.8 Å². The van der Waals surface area contributed by atoms with E-state index < -0.39 is 0 Å². The highest BCUT2D eigenvalue weighted by Gasteiger charge is 2.24. The molecular formula is C24H28N2O4. The van der Waals surface area contributed by atoms with Crippen LogP contribution in [0.15, 0.2) is 58.2 Å². The summed E-state index contributed by atoms with van der Waals surface area (Å²) in [6, 6.07) is 9.63. The third-order valence-electron chi connectivity index (χ3n) is 5.69. The minimum Gasteiger partial charge on any atom is -0.486 e. The van der Waals surface area contributed by atoms with Gasteiger partial charge in [-0.3, -0.25) is 9.59 Å². The number of hydrogen-bond acceptors (Lipinski definition) is 4. The number of rotatable bonds is 6. The van der Waals surface area contributed by atoms with Gasteiger partial charge in [-0.15, -0.1) is 0 Å². The second kappa shape index (κ2) is 8.78. The second-order valence-electron chi connectivity index (χ2n) is 8.37. The van der Waals surface area contributed by atoms with Gasteiger partial charge in [0.15, 0.2) is 0 Å². The molecule has 0 unspecified atom stereocenters. The zero-order chi connectivity index (χ0) is 21.1. The summed E-state index contributed by atoms with van der Waals surface area (Å²) in [6.07, 6.45) is 7.27. The first-order valence-corrected chi connectivity index (χ1v) is 10.6. The predicted octanol–water partition coefficient (Wildman–Crippen LogP) is 3.92. The van der Waals surface area contributed by atoms with Gasteiger partial charge < -0.3 is 18.6 Å². The van der Waals surface area contributed by atoms with E-state index in [-0.39, 0.29) is 23.0 Å². The van der Waals surface area contributed by atoms with Gasteiger partial charge in [0.1, 0.15) is 12.0 Å². The molecule has 0 radical (unpaired) electrons. The maximum Gasteiger partial charge on any atom is 0.227 e. The molecule has 3 heterocycles. The van der Waals surface area contributed by atoms with Crippen LogP contribution in [0.2, 0.25) is 0 Å². The van der Waals surface area contributed by atoms with Crippen molar-refractivity contribution in [1.82, 2.24) is 9.47 Å². The van der Waals surface area contributed by atoms with Crippen molar-refractivity contribution < 1.29 is 13.9 Å². The van der Waals surface area contributed by atoms with Gasteiger partial charge in [-0.05, 0) is 29.5 Å². The van der Waals surface area contributed by atoms with E-state index in [2.05, 4.69) is 12.1 Å². The van der Waals surface area contributed by atoms with Crippen LogP contribution in [0.25, 0.3) is 10.8 Å². The largest absolute Gasteiger partial charge is 0.486 e. The fourth-order valence-corrected chi connectivity index (χ4v) is 3.93. The van der Waals surface area contributed by atoms with Crippen LogP contribution in [0.4, 0.5) is 0 Å². The molecule has 4 rings (SSSR count). The average Bonchev–Trinajstić information content (AvgIpc) is 3.15. The first-order chi connectivity index (χ1) is 14.5. The zero-order valence-corrected chi connectivity index (χ0v) is 17.5. The fourth-order valence-electron chi connectivity index (χ4n) is 3.93. The van der Waals surface area contributed by atoms with Crippen LogP contribution >= 0.6 is 0 Å². The lowest BCUT2D eigenvalue weighted by molar-refractivity contribution is -0.136. The Bertz CT molecular complexity index is 1040. The van der Waals surface area contributed by atoms with Crippen molar-refractivity contribution in [3.05, 3.63) is 65.0 Å². The van der Waals surface area contributed by atoms with Gasteiger partial charge >= 0.3 is 0 Å². The molecular weight excluding hydrogens is 380 g/mol. The lowest BCUT2D eigenvalue weighted by atomic mass is 9.97. The standard InChI is InChI=1S/C24H28N2O4/c1-17(2)24(28)26-9-7-18(8-10-26)15-30-23-16-29-21(11-22(23)27)14-25-12-19-5-3-4-6-20(19)13-25/h3-6,11-13,16-18H,7-10,14-15H2,1-2H3. The molecule has 3 aromatic rings. The van der Waals surface area contributed by atoms with Crippen LogP contribution in [-0.2, 0) is 11.3 Å². The smallest absolute Gasteiger partial charge is 0.227 e. The van der Waals surface area contributed by atoms with Crippen molar-refractivity contribution in [2.75, 3.05) is 19.7 Å². The molecule has 0 saturated carbocycles. The molecule has 30 heavy (non-hydrogen) atoms. The highest BCUT2D eigenvalue weighted by molar-refractivity contribution is 5.82. The Labute approximate surface area is 176 Å². The number of aromatic nitrogens is 1. The van der Waals surface area contributed by atoms with E-state index in [0.717, 1.165) is 36.7 Å². The van der Waals surface area contributed by atoms with Crippen molar-refractivity contribution >= 4 is 16.7 Å². The third kappa shape index (κ3) is 4.58. The Kier molecular flexibility index (Phi) is 5.93. The number of carbonyl (C=O) groups excluding carboxylic acids is 1. The predicted molar refractivity (Wildman–Crippen MR) is 116 cm³/mol. The van der Waals surface area contributed by atoms with Crippen molar-refractivity contribution in [3.63, 3.8) is 0 Å². The van der Waals surface area contributed by atoms with Crippen LogP contribution in [0.5, 0.6) is 5.75 Å². The number of fused-ring (bicyclic) bond motifs is 1. The molecule has 1 saturated heterocycles. The third-order valence-corrected chi connectivity index (χ3v) is 5.69. The summed E-state index contributed by atoms with van der Waals surface area (Å²) in [7, 11) is 0. The molecule has 1 fully saturated rings. The van der Waals surface area contributed by atoms with Crippen molar-refractivity contribution in [2.24, 2.45) is 11.8 Å². The van der Waals surface area contributed by atoms with E-state index in [9.17, 15) is 9.59 Å². The number of benzene rings is 1. The summed E-state index contributed by atoms with van der Waals surface area (Å²) in [5.41, 5.74) is -0.166. The van der Waals surface area contributed by atoms with Gasteiger partial charge in [-0.1, -0.05) is 38.1 Å². The highest BCUT2D eigenvalue weighted by Crippen LogP contribution is 2.20. The quantitative estimate of drug-likeness (QED) is 0.620. The summed E-state index contributed by atoms with van der Waals surface area (Å²) in [5.74, 6) is 1.42. The molecule has 6 nitrogen and oxygen atoms in total. The summed E-state index contributed by atoms with van der Waals surface area (Å²) < 4.78 is 13.4. The number of hydrogen-bond donors (Lipinski definition) is 0. The molecule has 158 valence electrons. The molecule has 0 spiro atoms. The lowest BCUT2D eigenvalue weighted by Crippen LogP contribution is -2.41. The van der Waals surface area contributed by atoms with E-state index in [1.807, 2.05) is 47.8 Å². The molecule has 0 N–H and O–H groups in total. The van der Waals surface area contributed by atoms with Crippen LogP contribution in [-0.4, -0.2) is 35.1 Å². The van der Waals surface area contributed by atoms with Crippen LogP contribution < -0.4 is 10.2 Å². The minimum absolute atomic E-state index is 0.0332. The van der Waals surface area contributed by atoms with E-state index in [4.69, 9.17) is 9.15 Å². The molecule has 2 aromatic heterocycles. The maximum absolute atomic E-state index is 12.4. The van der Waals surface area contributed by atoms with Crippen molar-refractivity contribution in [3.8, 4) is 5.75 Å². The SMILES string of the molecule is CC(C)C(=O)N1CCC(COc2coc(Cn3cc4ccccc4c3)cc2=O)CC1. The van der Waals surface area contributed by atoms with Crippen LogP contribution in [0.1, 0.15) is 32.4 Å². The van der Waals surface area contributed by atoms with E-state index in [1.165, 1.54) is 12.3 Å². The van der Waals surface area contributed by atoms with Gasteiger partial charge in [0.25, 0.3) is 0 Å². The minimum atomic E-state index is -0.166. The normalized spacial score (nSPS) is 15.1. The van der Waals surface area contributed by atoms with Gasteiger partial charge in [0.05, 0.1) is 13.2 Å². The summed E-state index contributed by atoms with van der Waals surface area (Å²) in [5, 5.41) is 2.31. The molecule has 1 amide bonds. The van der Waals surface area contributed by atoms with Gasteiger partial charge in [-0.25, -0.2) is 0 Å². The maximum atomic E-state index is 12.4. The number of carbonyl (C=O) groups is 1. The average molecular weight is 408 g/mol. The van der Waals surface area contributed by atoms with E-state index >= 15 is 0 Å². The molecule has 1 aliphatic heterocycles. The second-order valence-corrected chi connectivity index (χ2v) is 8.37. The van der Waals surface area contributed by atoms with Crippen molar-refractivity contribution in [1.29, 1.82) is 0 Å². The van der Waals surface area contributed by atoms with Gasteiger partial charge in [0, 0.05) is 37.5 Å². The Morgan fingerprint density at radius 2 is 1.83 bits per heavy atom. The Morgan fingerprint density at radius 3 is 2.43 bits per heavy atom. The topological polar surface area (TPSA) is 64.7 Å².